The van der Waals surface area contributed by atoms with Crippen molar-refractivity contribution in [2.75, 3.05) is 0 Å². The minimum absolute atomic E-state index is 0.334. The van der Waals surface area contributed by atoms with Crippen LogP contribution in [0.3, 0.4) is 0 Å². The predicted molar refractivity (Wildman–Crippen MR) is 81.8 cm³/mol. The summed E-state index contributed by atoms with van der Waals surface area (Å²) in [6.45, 7) is 4.66. The van der Waals surface area contributed by atoms with Crippen molar-refractivity contribution < 1.29 is 0 Å². The largest absolute Gasteiger partial charge is 0.370 e. The zero-order chi connectivity index (χ0) is 14.4. The van der Waals surface area contributed by atoms with Crippen LogP contribution in [0.4, 0.5) is 0 Å². The molecular formula is C15H21N5. The SMILES string of the molecule is CCC(C)NC(N)=NCc1ccn(-c2ccccc2)n1. The molecule has 0 aliphatic heterocycles. The summed E-state index contributed by atoms with van der Waals surface area (Å²) in [4.78, 5) is 4.30. The molecular weight excluding hydrogens is 250 g/mol. The van der Waals surface area contributed by atoms with Gasteiger partial charge in [-0.25, -0.2) is 9.67 Å². The highest BCUT2D eigenvalue weighted by Gasteiger charge is 2.02. The van der Waals surface area contributed by atoms with Gasteiger partial charge in [-0.1, -0.05) is 25.1 Å². The number of rotatable bonds is 5. The van der Waals surface area contributed by atoms with Crippen LogP contribution in [0.1, 0.15) is 26.0 Å². The van der Waals surface area contributed by atoms with Gasteiger partial charge in [0.15, 0.2) is 5.96 Å². The fourth-order valence-corrected chi connectivity index (χ4v) is 1.74. The Labute approximate surface area is 119 Å². The Morgan fingerprint density at radius 3 is 2.80 bits per heavy atom. The van der Waals surface area contributed by atoms with Crippen molar-refractivity contribution in [1.29, 1.82) is 0 Å². The number of aromatic nitrogens is 2. The smallest absolute Gasteiger partial charge is 0.189 e. The van der Waals surface area contributed by atoms with Crippen LogP contribution >= 0.6 is 0 Å². The molecule has 1 heterocycles. The van der Waals surface area contributed by atoms with E-state index in [0.29, 0.717) is 18.5 Å². The lowest BCUT2D eigenvalue weighted by Gasteiger charge is -2.11. The number of hydrogen-bond acceptors (Lipinski definition) is 2. The molecule has 0 saturated heterocycles. The third kappa shape index (κ3) is 3.85. The Kier molecular flexibility index (Phi) is 4.76. The molecule has 3 N–H and O–H groups in total. The Hall–Kier alpha value is -2.30. The van der Waals surface area contributed by atoms with Gasteiger partial charge in [0, 0.05) is 12.2 Å². The molecule has 0 aliphatic rings. The molecule has 0 fully saturated rings. The van der Waals surface area contributed by atoms with E-state index in [1.165, 1.54) is 0 Å². The molecule has 0 aliphatic carbocycles. The molecule has 0 spiro atoms. The standard InChI is InChI=1S/C15H21N5/c1-3-12(2)18-15(16)17-11-13-9-10-20(19-13)14-7-5-4-6-8-14/h4-10,12H,3,11H2,1-2H3,(H3,16,17,18). The molecule has 106 valence electrons. The second kappa shape index (κ2) is 6.75. The second-order valence-corrected chi connectivity index (χ2v) is 4.74. The molecule has 1 atom stereocenters. The molecule has 0 saturated carbocycles. The minimum Gasteiger partial charge on any atom is -0.370 e. The van der Waals surface area contributed by atoms with Gasteiger partial charge in [0.05, 0.1) is 17.9 Å². The number of para-hydroxylation sites is 1. The molecule has 5 nitrogen and oxygen atoms in total. The van der Waals surface area contributed by atoms with Crippen molar-refractivity contribution >= 4 is 5.96 Å². The van der Waals surface area contributed by atoms with E-state index in [-0.39, 0.29) is 0 Å². The molecule has 0 bridgehead atoms. The zero-order valence-corrected chi connectivity index (χ0v) is 12.0. The highest BCUT2D eigenvalue weighted by Crippen LogP contribution is 2.07. The van der Waals surface area contributed by atoms with Gasteiger partial charge in [-0.15, -0.1) is 0 Å². The maximum atomic E-state index is 5.82. The van der Waals surface area contributed by atoms with Crippen LogP contribution in [-0.2, 0) is 6.54 Å². The Morgan fingerprint density at radius 2 is 2.10 bits per heavy atom. The third-order valence-electron chi connectivity index (χ3n) is 3.08. The van der Waals surface area contributed by atoms with Crippen molar-refractivity contribution in [2.24, 2.45) is 10.7 Å². The molecule has 1 aromatic heterocycles. The molecule has 0 radical (unpaired) electrons. The number of hydrogen-bond donors (Lipinski definition) is 2. The van der Waals surface area contributed by atoms with Crippen LogP contribution in [0.15, 0.2) is 47.6 Å². The molecule has 20 heavy (non-hydrogen) atoms. The number of nitrogens with two attached hydrogens (primary N) is 1. The van der Waals surface area contributed by atoms with E-state index in [2.05, 4.69) is 29.3 Å². The molecule has 0 amide bonds. The fraction of sp³-hybridized carbons (Fsp3) is 0.333. The Morgan fingerprint density at radius 1 is 1.35 bits per heavy atom. The van der Waals surface area contributed by atoms with Gasteiger partial charge in [0.2, 0.25) is 0 Å². The van der Waals surface area contributed by atoms with E-state index in [1.54, 1.807) is 0 Å². The highest BCUT2D eigenvalue weighted by atomic mass is 15.3. The van der Waals surface area contributed by atoms with Crippen molar-refractivity contribution in [3.05, 3.63) is 48.3 Å². The van der Waals surface area contributed by atoms with Gasteiger partial charge < -0.3 is 11.1 Å². The normalized spacial score (nSPS) is 13.2. The van der Waals surface area contributed by atoms with E-state index in [1.807, 2.05) is 47.3 Å². The first kappa shape index (κ1) is 14.1. The van der Waals surface area contributed by atoms with Gasteiger partial charge in [-0.05, 0) is 31.5 Å². The van der Waals surface area contributed by atoms with E-state index in [9.17, 15) is 0 Å². The van der Waals surface area contributed by atoms with Crippen LogP contribution in [-0.4, -0.2) is 21.8 Å². The maximum absolute atomic E-state index is 5.82. The summed E-state index contributed by atoms with van der Waals surface area (Å²) in [7, 11) is 0. The Bertz CT molecular complexity index is 559. The van der Waals surface area contributed by atoms with E-state index < -0.39 is 0 Å². The number of aliphatic imine (C=N–C) groups is 1. The van der Waals surface area contributed by atoms with Crippen molar-refractivity contribution in [3.8, 4) is 5.69 Å². The van der Waals surface area contributed by atoms with Crippen molar-refractivity contribution in [1.82, 2.24) is 15.1 Å². The predicted octanol–water partition coefficient (Wildman–Crippen LogP) is 2.08. The lowest BCUT2D eigenvalue weighted by molar-refractivity contribution is 0.636. The molecule has 5 heteroatoms. The van der Waals surface area contributed by atoms with Gasteiger partial charge >= 0.3 is 0 Å². The third-order valence-corrected chi connectivity index (χ3v) is 3.08. The second-order valence-electron chi connectivity index (χ2n) is 4.74. The summed E-state index contributed by atoms with van der Waals surface area (Å²) in [5.74, 6) is 0.466. The van der Waals surface area contributed by atoms with Crippen LogP contribution in [0.25, 0.3) is 5.69 Å². The summed E-state index contributed by atoms with van der Waals surface area (Å²) in [6.07, 6.45) is 2.94. The molecule has 2 aromatic rings. The summed E-state index contributed by atoms with van der Waals surface area (Å²) in [5.41, 5.74) is 7.75. The number of nitrogens with one attached hydrogen (secondary N) is 1. The Balaban J connectivity index is 1.98. The van der Waals surface area contributed by atoms with E-state index in [4.69, 9.17) is 5.73 Å². The summed E-state index contributed by atoms with van der Waals surface area (Å²) < 4.78 is 1.84. The highest BCUT2D eigenvalue weighted by molar-refractivity contribution is 5.78. The molecule has 2 rings (SSSR count). The number of benzene rings is 1. The first-order chi connectivity index (χ1) is 9.69. The zero-order valence-electron chi connectivity index (χ0n) is 12.0. The average molecular weight is 271 g/mol. The topological polar surface area (TPSA) is 68.2 Å². The number of nitrogens with zero attached hydrogens (tertiary/aromatic N) is 3. The van der Waals surface area contributed by atoms with Crippen molar-refractivity contribution in [3.63, 3.8) is 0 Å². The first-order valence-corrected chi connectivity index (χ1v) is 6.85. The van der Waals surface area contributed by atoms with Crippen LogP contribution in [0.5, 0.6) is 0 Å². The molecule has 1 unspecified atom stereocenters. The van der Waals surface area contributed by atoms with E-state index in [0.717, 1.165) is 17.8 Å². The lowest BCUT2D eigenvalue weighted by atomic mass is 10.3. The van der Waals surface area contributed by atoms with Crippen LogP contribution in [0, 0.1) is 0 Å². The summed E-state index contributed by atoms with van der Waals surface area (Å²) in [5, 5.41) is 7.61. The van der Waals surface area contributed by atoms with E-state index >= 15 is 0 Å². The average Bonchev–Trinajstić information content (AvgIpc) is 2.95. The van der Waals surface area contributed by atoms with Gasteiger partial charge in [-0.3, -0.25) is 0 Å². The van der Waals surface area contributed by atoms with Gasteiger partial charge in [0.25, 0.3) is 0 Å². The summed E-state index contributed by atoms with van der Waals surface area (Å²) >= 11 is 0. The fourth-order valence-electron chi connectivity index (χ4n) is 1.74. The quantitative estimate of drug-likeness (QED) is 0.646. The van der Waals surface area contributed by atoms with Gasteiger partial charge in [0.1, 0.15) is 0 Å². The van der Waals surface area contributed by atoms with Crippen molar-refractivity contribution in [2.45, 2.75) is 32.9 Å². The minimum atomic E-state index is 0.334. The first-order valence-electron chi connectivity index (χ1n) is 6.85. The van der Waals surface area contributed by atoms with Gasteiger partial charge in [-0.2, -0.15) is 5.10 Å². The lowest BCUT2D eigenvalue weighted by Crippen LogP contribution is -2.38. The maximum Gasteiger partial charge on any atom is 0.189 e. The summed E-state index contributed by atoms with van der Waals surface area (Å²) in [6, 6.07) is 12.3. The number of guanidine groups is 1. The monoisotopic (exact) mass is 271 g/mol. The molecule has 1 aromatic carbocycles. The van der Waals surface area contributed by atoms with Crippen LogP contribution in [0.2, 0.25) is 0 Å². The van der Waals surface area contributed by atoms with Crippen LogP contribution < -0.4 is 11.1 Å².